The van der Waals surface area contributed by atoms with E-state index in [0.29, 0.717) is 16.1 Å². The molecule has 0 spiro atoms. The monoisotopic (exact) mass is 277 g/mol. The van der Waals surface area contributed by atoms with Gasteiger partial charge in [0.1, 0.15) is 0 Å². The molecule has 2 rings (SSSR count). The number of carbonyl (C=O) groups is 1. The Morgan fingerprint density at radius 3 is 2.68 bits per heavy atom. The highest BCUT2D eigenvalue weighted by atomic mass is 32.1. The van der Waals surface area contributed by atoms with Gasteiger partial charge in [-0.05, 0) is 30.3 Å². The number of hydrogen-bond donors (Lipinski definition) is 2. The third-order valence-electron chi connectivity index (χ3n) is 2.52. The molecule has 3 nitrogen and oxygen atoms in total. The van der Waals surface area contributed by atoms with Gasteiger partial charge in [0.25, 0.3) is 5.91 Å². The molecule has 0 radical (unpaired) electrons. The fourth-order valence-corrected chi connectivity index (χ4v) is 1.82. The molecular formula is C14H12FNO2S. The lowest BCUT2D eigenvalue weighted by Crippen LogP contribution is -2.12. The van der Waals surface area contributed by atoms with E-state index in [1.807, 2.05) is 0 Å². The van der Waals surface area contributed by atoms with Crippen LogP contribution in [0.15, 0.2) is 47.4 Å². The van der Waals surface area contributed by atoms with Crippen molar-refractivity contribution in [3.63, 3.8) is 0 Å². The number of methoxy groups -OCH3 is 1. The summed E-state index contributed by atoms with van der Waals surface area (Å²) in [5.74, 6) is -0.709. The maximum Gasteiger partial charge on any atom is 0.255 e. The van der Waals surface area contributed by atoms with Gasteiger partial charge in [-0.2, -0.15) is 0 Å². The normalized spacial score (nSPS) is 10.1. The van der Waals surface area contributed by atoms with Gasteiger partial charge in [-0.3, -0.25) is 4.79 Å². The zero-order valence-corrected chi connectivity index (χ0v) is 11.1. The molecule has 0 atom stereocenters. The van der Waals surface area contributed by atoms with Gasteiger partial charge in [-0.15, -0.1) is 12.6 Å². The quantitative estimate of drug-likeness (QED) is 0.844. The van der Waals surface area contributed by atoms with Crippen molar-refractivity contribution in [3.8, 4) is 5.75 Å². The smallest absolute Gasteiger partial charge is 0.255 e. The Morgan fingerprint density at radius 1 is 1.26 bits per heavy atom. The summed E-state index contributed by atoms with van der Waals surface area (Å²) < 4.78 is 18.3. The second-order valence-electron chi connectivity index (χ2n) is 3.85. The van der Waals surface area contributed by atoms with E-state index in [0.717, 1.165) is 0 Å². The van der Waals surface area contributed by atoms with Crippen molar-refractivity contribution in [1.29, 1.82) is 0 Å². The van der Waals surface area contributed by atoms with Crippen LogP contribution in [-0.2, 0) is 0 Å². The van der Waals surface area contributed by atoms with Crippen LogP contribution < -0.4 is 10.1 Å². The number of hydrogen-bond acceptors (Lipinski definition) is 3. The summed E-state index contributed by atoms with van der Waals surface area (Å²) in [7, 11) is 1.38. The number of halogens is 1. The van der Waals surface area contributed by atoms with Crippen molar-refractivity contribution < 1.29 is 13.9 Å². The zero-order chi connectivity index (χ0) is 13.8. The van der Waals surface area contributed by atoms with Crippen LogP contribution in [0.2, 0.25) is 0 Å². The molecule has 0 bridgehead atoms. The molecular weight excluding hydrogens is 265 g/mol. The highest BCUT2D eigenvalue weighted by Crippen LogP contribution is 2.21. The molecule has 5 heteroatoms. The zero-order valence-electron chi connectivity index (χ0n) is 10.2. The number of ether oxygens (including phenoxy) is 1. The summed E-state index contributed by atoms with van der Waals surface area (Å²) in [6.07, 6.45) is 0. The van der Waals surface area contributed by atoms with E-state index >= 15 is 0 Å². The third kappa shape index (κ3) is 3.26. The predicted octanol–water partition coefficient (Wildman–Crippen LogP) is 3.38. The van der Waals surface area contributed by atoms with Crippen LogP contribution in [0.5, 0.6) is 5.75 Å². The molecule has 0 fully saturated rings. The first-order valence-corrected chi connectivity index (χ1v) is 5.99. The number of nitrogens with one attached hydrogen (secondary N) is 1. The van der Waals surface area contributed by atoms with Crippen molar-refractivity contribution in [2.24, 2.45) is 0 Å². The molecule has 1 N–H and O–H groups in total. The highest BCUT2D eigenvalue weighted by Gasteiger charge is 2.08. The van der Waals surface area contributed by atoms with Gasteiger partial charge in [0.05, 0.1) is 7.11 Å². The molecule has 2 aromatic rings. The fraction of sp³-hybridized carbons (Fsp3) is 0.0714. The summed E-state index contributed by atoms with van der Waals surface area (Å²) in [6, 6.07) is 11.0. The van der Waals surface area contributed by atoms with E-state index in [1.54, 1.807) is 30.3 Å². The molecule has 19 heavy (non-hydrogen) atoms. The lowest BCUT2D eigenvalue weighted by Gasteiger charge is -2.07. The van der Waals surface area contributed by atoms with Gasteiger partial charge in [0.2, 0.25) is 0 Å². The molecule has 0 saturated heterocycles. The minimum Gasteiger partial charge on any atom is -0.494 e. The van der Waals surface area contributed by atoms with Crippen LogP contribution in [-0.4, -0.2) is 13.0 Å². The number of thiol groups is 1. The molecule has 0 unspecified atom stereocenters. The average molecular weight is 277 g/mol. The summed E-state index contributed by atoms with van der Waals surface area (Å²) in [6.45, 7) is 0. The highest BCUT2D eigenvalue weighted by molar-refractivity contribution is 7.80. The van der Waals surface area contributed by atoms with Crippen LogP contribution in [0.25, 0.3) is 0 Å². The Labute approximate surface area is 115 Å². The Bertz CT molecular complexity index is 616. The first-order chi connectivity index (χ1) is 9.10. The number of amides is 1. The maximum absolute atomic E-state index is 13.5. The van der Waals surface area contributed by atoms with E-state index in [1.165, 1.54) is 19.2 Å². The van der Waals surface area contributed by atoms with Gasteiger partial charge < -0.3 is 10.1 Å². The Hall–Kier alpha value is -2.01. The second kappa shape index (κ2) is 5.75. The molecule has 1 amide bonds. The molecule has 0 aliphatic heterocycles. The van der Waals surface area contributed by atoms with E-state index in [4.69, 9.17) is 4.74 Å². The minimum atomic E-state index is -0.525. The Morgan fingerprint density at radius 2 is 2.05 bits per heavy atom. The van der Waals surface area contributed by atoms with Gasteiger partial charge in [-0.25, -0.2) is 4.39 Å². The van der Waals surface area contributed by atoms with Crippen molar-refractivity contribution in [3.05, 3.63) is 53.8 Å². The van der Waals surface area contributed by atoms with Gasteiger partial charge in [0.15, 0.2) is 11.6 Å². The lowest BCUT2D eigenvalue weighted by molar-refractivity contribution is 0.102. The van der Waals surface area contributed by atoms with Crippen LogP contribution in [0.3, 0.4) is 0 Å². The number of anilines is 1. The van der Waals surface area contributed by atoms with E-state index in [-0.39, 0.29) is 11.7 Å². The van der Waals surface area contributed by atoms with Crippen molar-refractivity contribution in [2.45, 2.75) is 4.90 Å². The summed E-state index contributed by atoms with van der Waals surface area (Å²) in [4.78, 5) is 12.6. The van der Waals surface area contributed by atoms with Crippen molar-refractivity contribution >= 4 is 24.2 Å². The SMILES string of the molecule is COc1ccc(NC(=O)c2cccc(S)c2)cc1F. The lowest BCUT2D eigenvalue weighted by atomic mass is 10.2. The first kappa shape index (κ1) is 13.4. The molecule has 0 aliphatic carbocycles. The number of carbonyl (C=O) groups excluding carboxylic acids is 1. The Balaban J connectivity index is 2.17. The summed E-state index contributed by atoms with van der Waals surface area (Å²) in [5, 5.41) is 2.61. The minimum absolute atomic E-state index is 0.135. The van der Waals surface area contributed by atoms with Gasteiger partial charge >= 0.3 is 0 Å². The molecule has 0 aliphatic rings. The largest absolute Gasteiger partial charge is 0.494 e. The molecule has 0 saturated carbocycles. The van der Waals surface area contributed by atoms with Crippen LogP contribution in [0.4, 0.5) is 10.1 Å². The predicted molar refractivity (Wildman–Crippen MR) is 74.6 cm³/mol. The summed E-state index contributed by atoms with van der Waals surface area (Å²) in [5.41, 5.74) is 0.830. The van der Waals surface area contributed by atoms with Gasteiger partial charge in [-0.1, -0.05) is 6.07 Å². The van der Waals surface area contributed by atoms with Crippen LogP contribution >= 0.6 is 12.6 Å². The van der Waals surface area contributed by atoms with E-state index in [9.17, 15) is 9.18 Å². The summed E-state index contributed by atoms with van der Waals surface area (Å²) >= 11 is 4.16. The standard InChI is InChI=1S/C14H12FNO2S/c1-18-13-6-5-10(8-12(13)15)16-14(17)9-3-2-4-11(19)7-9/h2-8,19H,1H3,(H,16,17). The van der Waals surface area contributed by atoms with Crippen molar-refractivity contribution in [1.82, 2.24) is 0 Å². The van der Waals surface area contributed by atoms with E-state index in [2.05, 4.69) is 17.9 Å². The van der Waals surface area contributed by atoms with Crippen LogP contribution in [0.1, 0.15) is 10.4 Å². The first-order valence-electron chi connectivity index (χ1n) is 5.54. The molecule has 98 valence electrons. The molecule has 0 heterocycles. The van der Waals surface area contributed by atoms with E-state index < -0.39 is 5.82 Å². The molecule has 2 aromatic carbocycles. The molecule has 0 aromatic heterocycles. The third-order valence-corrected chi connectivity index (χ3v) is 2.80. The van der Waals surface area contributed by atoms with Crippen molar-refractivity contribution in [2.75, 3.05) is 12.4 Å². The number of rotatable bonds is 3. The van der Waals surface area contributed by atoms with Crippen LogP contribution in [0, 0.1) is 5.82 Å². The second-order valence-corrected chi connectivity index (χ2v) is 4.37. The Kier molecular flexibility index (Phi) is 4.06. The topological polar surface area (TPSA) is 38.3 Å². The van der Waals surface area contributed by atoms with Gasteiger partial charge in [0, 0.05) is 22.2 Å². The fourth-order valence-electron chi connectivity index (χ4n) is 1.59. The average Bonchev–Trinajstić information content (AvgIpc) is 2.39. The number of benzene rings is 2. The maximum atomic E-state index is 13.5.